The summed E-state index contributed by atoms with van der Waals surface area (Å²) in [6.07, 6.45) is 3.09. The minimum atomic E-state index is -0.541. The van der Waals surface area contributed by atoms with E-state index in [4.69, 9.17) is 16.1 Å². The maximum Gasteiger partial charge on any atom is 0.292 e. The van der Waals surface area contributed by atoms with Gasteiger partial charge in [0, 0.05) is 28.7 Å². The van der Waals surface area contributed by atoms with Crippen LogP contribution in [-0.4, -0.2) is 30.6 Å². The molecule has 1 aromatic carbocycles. The molecular weight excluding hydrogens is 411 g/mol. The number of hydrogen-bond acceptors (Lipinski definition) is 6. The zero-order chi connectivity index (χ0) is 21.5. The van der Waals surface area contributed by atoms with Gasteiger partial charge in [0.05, 0.1) is 5.52 Å². The van der Waals surface area contributed by atoms with Crippen molar-refractivity contribution in [1.82, 2.24) is 30.1 Å². The topological polar surface area (TPSA) is 98.2 Å². The number of aromatic nitrogens is 5. The van der Waals surface area contributed by atoms with Crippen molar-refractivity contribution >= 4 is 23.0 Å². The first-order valence-electron chi connectivity index (χ1n) is 9.13. The van der Waals surface area contributed by atoms with E-state index in [1.165, 1.54) is 18.5 Å². The number of halogens is 2. The molecular formula is C20H18ClFN6O2. The first kappa shape index (κ1) is 20.0. The lowest BCUT2D eigenvalue weighted by atomic mass is 9.97. The van der Waals surface area contributed by atoms with E-state index < -0.39 is 11.7 Å². The number of carbonyl (C=O) groups is 1. The second-order valence-electron chi connectivity index (χ2n) is 7.73. The lowest BCUT2D eigenvalue weighted by molar-refractivity contribution is 0.0937. The molecule has 3 heterocycles. The van der Waals surface area contributed by atoms with Gasteiger partial charge in [0.15, 0.2) is 0 Å². The molecule has 0 saturated heterocycles. The predicted molar refractivity (Wildman–Crippen MR) is 108 cm³/mol. The summed E-state index contributed by atoms with van der Waals surface area (Å²) < 4.78 is 21.6. The van der Waals surface area contributed by atoms with E-state index in [1.54, 1.807) is 22.8 Å². The predicted octanol–water partition coefficient (Wildman–Crippen LogP) is 3.80. The second-order valence-corrected chi connectivity index (χ2v) is 8.13. The zero-order valence-electron chi connectivity index (χ0n) is 16.5. The van der Waals surface area contributed by atoms with Crippen LogP contribution >= 0.6 is 11.6 Å². The summed E-state index contributed by atoms with van der Waals surface area (Å²) in [6.45, 7) is 5.68. The number of carbonyl (C=O) groups excluding carboxylic acids is 1. The monoisotopic (exact) mass is 428 g/mol. The second kappa shape index (κ2) is 7.49. The molecule has 10 heteroatoms. The summed E-state index contributed by atoms with van der Waals surface area (Å²) in [6, 6.07) is 6.34. The quantitative estimate of drug-likeness (QED) is 0.531. The van der Waals surface area contributed by atoms with Crippen LogP contribution in [0.5, 0.6) is 0 Å². The molecule has 3 aromatic heterocycles. The van der Waals surface area contributed by atoms with Gasteiger partial charge in [-0.1, -0.05) is 37.5 Å². The number of fused-ring (bicyclic) bond motifs is 1. The van der Waals surface area contributed by atoms with Gasteiger partial charge in [0.1, 0.15) is 17.8 Å². The fourth-order valence-electron chi connectivity index (χ4n) is 2.85. The van der Waals surface area contributed by atoms with Crippen molar-refractivity contribution in [3.63, 3.8) is 0 Å². The van der Waals surface area contributed by atoms with E-state index in [9.17, 15) is 9.18 Å². The van der Waals surface area contributed by atoms with Gasteiger partial charge < -0.3 is 9.84 Å². The molecule has 8 nitrogen and oxygen atoms in total. The molecule has 0 radical (unpaired) electrons. The van der Waals surface area contributed by atoms with E-state index in [1.807, 2.05) is 20.8 Å². The Balaban J connectivity index is 1.55. The molecule has 0 bridgehead atoms. The van der Waals surface area contributed by atoms with Crippen molar-refractivity contribution < 1.29 is 13.7 Å². The molecule has 0 aliphatic heterocycles. The molecule has 0 fully saturated rings. The van der Waals surface area contributed by atoms with Gasteiger partial charge in [-0.25, -0.2) is 13.9 Å². The Labute approximate surface area is 176 Å². The molecule has 30 heavy (non-hydrogen) atoms. The molecule has 0 saturated carbocycles. The van der Waals surface area contributed by atoms with Gasteiger partial charge in [0.25, 0.3) is 11.7 Å². The fourth-order valence-corrected chi connectivity index (χ4v) is 3.08. The minimum Gasteiger partial charge on any atom is -0.345 e. The molecule has 154 valence electrons. The standard InChI is InChI=1S/C20H18ClFN6O2/c1-20(2,3)19-26-17(27-30-19)18(29)23-9-11-7-14(22)12(8-13(11)21)16-15-5-4-6-28(15)25-10-24-16/h4-8,10H,9H2,1-3H3,(H,23,29). The SMILES string of the molecule is CC(C)(C)c1nc(C(=O)NCc2cc(F)c(-c3ncnn4cccc34)cc2Cl)no1. The third-order valence-electron chi connectivity index (χ3n) is 4.43. The van der Waals surface area contributed by atoms with E-state index in [0.29, 0.717) is 27.7 Å². The van der Waals surface area contributed by atoms with Gasteiger partial charge in [0.2, 0.25) is 5.89 Å². The number of nitrogens with one attached hydrogen (secondary N) is 1. The first-order chi connectivity index (χ1) is 14.2. The zero-order valence-corrected chi connectivity index (χ0v) is 17.2. The lowest BCUT2D eigenvalue weighted by Gasteiger charge is -2.11. The van der Waals surface area contributed by atoms with Crippen molar-refractivity contribution in [2.75, 3.05) is 0 Å². The van der Waals surface area contributed by atoms with Crippen LogP contribution in [-0.2, 0) is 12.0 Å². The average molecular weight is 429 g/mol. The summed E-state index contributed by atoms with van der Waals surface area (Å²) in [7, 11) is 0. The highest BCUT2D eigenvalue weighted by Gasteiger charge is 2.24. The Hall–Kier alpha value is -3.33. The maximum absolute atomic E-state index is 14.9. The van der Waals surface area contributed by atoms with Gasteiger partial charge in [-0.3, -0.25) is 4.79 Å². The number of amides is 1. The molecule has 0 unspecified atom stereocenters. The Kier molecular flexibility index (Phi) is 4.98. The maximum atomic E-state index is 14.9. The first-order valence-corrected chi connectivity index (χ1v) is 9.51. The van der Waals surface area contributed by atoms with Crippen LogP contribution in [0.3, 0.4) is 0 Å². The third-order valence-corrected chi connectivity index (χ3v) is 4.79. The molecule has 0 spiro atoms. The van der Waals surface area contributed by atoms with E-state index in [-0.39, 0.29) is 23.3 Å². The van der Waals surface area contributed by atoms with E-state index in [0.717, 1.165) is 0 Å². The molecule has 0 aliphatic rings. The molecule has 4 rings (SSSR count). The number of rotatable bonds is 4. The molecule has 0 atom stereocenters. The van der Waals surface area contributed by atoms with E-state index in [2.05, 4.69) is 25.5 Å². The smallest absolute Gasteiger partial charge is 0.292 e. The highest BCUT2D eigenvalue weighted by Crippen LogP contribution is 2.30. The molecule has 0 aliphatic carbocycles. The van der Waals surface area contributed by atoms with Crippen molar-refractivity contribution in [3.8, 4) is 11.3 Å². The lowest BCUT2D eigenvalue weighted by Crippen LogP contribution is -2.24. The number of benzene rings is 1. The Bertz CT molecular complexity index is 1240. The summed E-state index contributed by atoms with van der Waals surface area (Å²) in [5.74, 6) is -0.798. The van der Waals surface area contributed by atoms with Crippen molar-refractivity contribution in [3.05, 3.63) is 64.9 Å². The fraction of sp³-hybridized carbons (Fsp3) is 0.250. The van der Waals surface area contributed by atoms with Gasteiger partial charge in [-0.2, -0.15) is 10.1 Å². The van der Waals surface area contributed by atoms with Crippen LogP contribution in [0.25, 0.3) is 16.8 Å². The third kappa shape index (κ3) is 3.76. The minimum absolute atomic E-state index is 0.00142. The largest absolute Gasteiger partial charge is 0.345 e. The van der Waals surface area contributed by atoms with Crippen molar-refractivity contribution in [2.45, 2.75) is 32.7 Å². The number of hydrogen-bond donors (Lipinski definition) is 1. The van der Waals surface area contributed by atoms with Gasteiger partial charge >= 0.3 is 0 Å². The van der Waals surface area contributed by atoms with Crippen molar-refractivity contribution in [1.29, 1.82) is 0 Å². The molecule has 1 N–H and O–H groups in total. The summed E-state index contributed by atoms with van der Waals surface area (Å²) in [5.41, 5.74) is 1.35. The van der Waals surface area contributed by atoms with Crippen LogP contribution in [0.15, 0.2) is 41.3 Å². The molecule has 1 amide bonds. The Morgan fingerprint density at radius 3 is 2.87 bits per heavy atom. The summed E-state index contributed by atoms with van der Waals surface area (Å²) >= 11 is 6.35. The Morgan fingerprint density at radius 1 is 1.33 bits per heavy atom. The van der Waals surface area contributed by atoms with Crippen LogP contribution in [0.1, 0.15) is 42.8 Å². The summed E-state index contributed by atoms with van der Waals surface area (Å²) in [4.78, 5) is 20.6. The van der Waals surface area contributed by atoms with Crippen LogP contribution in [0, 0.1) is 5.82 Å². The van der Waals surface area contributed by atoms with Gasteiger partial charge in [-0.15, -0.1) is 0 Å². The van der Waals surface area contributed by atoms with Crippen LogP contribution in [0.4, 0.5) is 4.39 Å². The highest BCUT2D eigenvalue weighted by atomic mass is 35.5. The van der Waals surface area contributed by atoms with Crippen molar-refractivity contribution in [2.24, 2.45) is 0 Å². The van der Waals surface area contributed by atoms with Crippen LogP contribution in [0.2, 0.25) is 5.02 Å². The number of nitrogens with zero attached hydrogens (tertiary/aromatic N) is 5. The molecule has 4 aromatic rings. The Morgan fingerprint density at radius 2 is 2.13 bits per heavy atom. The highest BCUT2D eigenvalue weighted by molar-refractivity contribution is 6.31. The summed E-state index contributed by atoms with van der Waals surface area (Å²) in [5, 5.41) is 10.7. The normalized spacial score (nSPS) is 11.8. The van der Waals surface area contributed by atoms with Gasteiger partial charge in [-0.05, 0) is 29.8 Å². The average Bonchev–Trinajstić information content (AvgIpc) is 3.37. The van der Waals surface area contributed by atoms with E-state index >= 15 is 0 Å². The van der Waals surface area contributed by atoms with Crippen LogP contribution < -0.4 is 5.32 Å².